The molecule has 1 aromatic rings. The molecule has 0 spiro atoms. The molecule has 0 amide bonds. The minimum absolute atomic E-state index is 0.602. The molecule has 2 nitrogen and oxygen atoms in total. The van der Waals surface area contributed by atoms with E-state index in [4.69, 9.17) is 4.74 Å². The number of piperidine rings is 1. The molecule has 0 saturated carbocycles. The van der Waals surface area contributed by atoms with Crippen LogP contribution in [0.5, 0.6) is 5.75 Å². The third-order valence-corrected chi connectivity index (χ3v) is 3.87. The van der Waals surface area contributed by atoms with Crippen molar-refractivity contribution >= 4 is 0 Å². The SMILES string of the molecule is COc1cccc(C2CCNC(C)C2C)c1. The maximum Gasteiger partial charge on any atom is 0.119 e. The fraction of sp³-hybridized carbons (Fsp3) is 0.571. The van der Waals surface area contributed by atoms with Crippen molar-refractivity contribution < 1.29 is 4.74 Å². The maximum absolute atomic E-state index is 5.29. The number of methoxy groups -OCH3 is 1. The van der Waals surface area contributed by atoms with Gasteiger partial charge in [-0.25, -0.2) is 0 Å². The molecule has 3 unspecified atom stereocenters. The van der Waals surface area contributed by atoms with Crippen molar-refractivity contribution in [3.05, 3.63) is 29.8 Å². The van der Waals surface area contributed by atoms with Crippen molar-refractivity contribution in [1.29, 1.82) is 0 Å². The van der Waals surface area contributed by atoms with E-state index in [0.717, 1.165) is 12.3 Å². The average molecular weight is 219 g/mol. The first-order chi connectivity index (χ1) is 7.72. The minimum atomic E-state index is 0.602. The highest BCUT2D eigenvalue weighted by Gasteiger charge is 2.27. The molecule has 1 aliphatic rings. The second-order valence-corrected chi connectivity index (χ2v) is 4.77. The summed E-state index contributed by atoms with van der Waals surface area (Å²) in [6.45, 7) is 5.73. The highest BCUT2D eigenvalue weighted by Crippen LogP contribution is 2.34. The lowest BCUT2D eigenvalue weighted by atomic mass is 9.78. The van der Waals surface area contributed by atoms with Crippen LogP contribution in [0, 0.1) is 5.92 Å². The van der Waals surface area contributed by atoms with Crippen molar-refractivity contribution in [3.63, 3.8) is 0 Å². The van der Waals surface area contributed by atoms with Crippen LogP contribution in [0.25, 0.3) is 0 Å². The highest BCUT2D eigenvalue weighted by atomic mass is 16.5. The molecule has 16 heavy (non-hydrogen) atoms. The van der Waals surface area contributed by atoms with E-state index >= 15 is 0 Å². The molecular weight excluding hydrogens is 198 g/mol. The van der Waals surface area contributed by atoms with Crippen molar-refractivity contribution in [2.45, 2.75) is 32.2 Å². The molecule has 1 saturated heterocycles. The normalized spacial score (nSPS) is 30.1. The Balaban J connectivity index is 2.21. The fourth-order valence-corrected chi connectivity index (χ4v) is 2.61. The van der Waals surface area contributed by atoms with Crippen LogP contribution < -0.4 is 10.1 Å². The largest absolute Gasteiger partial charge is 0.497 e. The lowest BCUT2D eigenvalue weighted by molar-refractivity contribution is 0.276. The van der Waals surface area contributed by atoms with E-state index in [2.05, 4.69) is 37.4 Å². The van der Waals surface area contributed by atoms with Gasteiger partial charge in [0.15, 0.2) is 0 Å². The Kier molecular flexibility index (Phi) is 3.49. The molecule has 1 N–H and O–H groups in total. The molecule has 0 aromatic heterocycles. The number of benzene rings is 1. The number of nitrogens with one attached hydrogen (secondary N) is 1. The van der Waals surface area contributed by atoms with Gasteiger partial charge in [0.2, 0.25) is 0 Å². The topological polar surface area (TPSA) is 21.3 Å². The average Bonchev–Trinajstić information content (AvgIpc) is 2.33. The van der Waals surface area contributed by atoms with E-state index in [-0.39, 0.29) is 0 Å². The summed E-state index contributed by atoms with van der Waals surface area (Å²) < 4.78 is 5.29. The van der Waals surface area contributed by atoms with E-state index in [9.17, 15) is 0 Å². The highest BCUT2D eigenvalue weighted by molar-refractivity contribution is 5.31. The quantitative estimate of drug-likeness (QED) is 0.826. The van der Waals surface area contributed by atoms with Crippen LogP contribution in [0.4, 0.5) is 0 Å². The van der Waals surface area contributed by atoms with Gasteiger partial charge in [-0.3, -0.25) is 0 Å². The van der Waals surface area contributed by atoms with Crippen molar-refractivity contribution in [2.24, 2.45) is 5.92 Å². The Hall–Kier alpha value is -1.02. The molecular formula is C14H21NO. The molecule has 0 aliphatic carbocycles. The second-order valence-electron chi connectivity index (χ2n) is 4.77. The Morgan fingerprint density at radius 1 is 1.31 bits per heavy atom. The van der Waals surface area contributed by atoms with Crippen molar-refractivity contribution in [2.75, 3.05) is 13.7 Å². The third-order valence-electron chi connectivity index (χ3n) is 3.87. The van der Waals surface area contributed by atoms with Crippen molar-refractivity contribution in [3.8, 4) is 5.75 Å². The zero-order valence-corrected chi connectivity index (χ0v) is 10.4. The molecule has 2 rings (SSSR count). The van der Waals surface area contributed by atoms with E-state index < -0.39 is 0 Å². The zero-order chi connectivity index (χ0) is 11.5. The summed E-state index contributed by atoms with van der Waals surface area (Å²) in [5.74, 6) is 2.31. The van der Waals surface area contributed by atoms with E-state index in [1.165, 1.54) is 12.0 Å². The predicted molar refractivity (Wildman–Crippen MR) is 67.0 cm³/mol. The molecule has 1 aliphatic heterocycles. The number of ether oxygens (including phenoxy) is 1. The Labute approximate surface area is 98.0 Å². The Morgan fingerprint density at radius 2 is 2.12 bits per heavy atom. The third kappa shape index (κ3) is 2.22. The van der Waals surface area contributed by atoms with Gasteiger partial charge in [0.1, 0.15) is 5.75 Å². The lowest BCUT2D eigenvalue weighted by Gasteiger charge is -2.35. The standard InChI is InChI=1S/C14H21NO/c1-10-11(2)15-8-7-14(10)12-5-4-6-13(9-12)16-3/h4-6,9-11,14-15H,7-8H2,1-3H3. The van der Waals surface area contributed by atoms with Gasteiger partial charge in [0, 0.05) is 6.04 Å². The number of hydrogen-bond acceptors (Lipinski definition) is 2. The van der Waals surface area contributed by atoms with Crippen LogP contribution >= 0.6 is 0 Å². The van der Waals surface area contributed by atoms with Crippen molar-refractivity contribution in [1.82, 2.24) is 5.32 Å². The summed E-state index contributed by atoms with van der Waals surface area (Å²) in [7, 11) is 1.73. The Bertz CT molecular complexity index is 350. The summed E-state index contributed by atoms with van der Waals surface area (Å²) in [6.07, 6.45) is 1.22. The molecule has 0 radical (unpaired) electrons. The molecule has 1 fully saturated rings. The van der Waals surface area contributed by atoms with Crippen LogP contribution in [-0.4, -0.2) is 19.7 Å². The van der Waals surface area contributed by atoms with E-state index in [1.54, 1.807) is 7.11 Å². The van der Waals surface area contributed by atoms with Gasteiger partial charge in [0.05, 0.1) is 7.11 Å². The van der Waals surface area contributed by atoms with Gasteiger partial charge >= 0.3 is 0 Å². The fourth-order valence-electron chi connectivity index (χ4n) is 2.61. The minimum Gasteiger partial charge on any atom is -0.497 e. The molecule has 2 heteroatoms. The molecule has 3 atom stereocenters. The van der Waals surface area contributed by atoms with Gasteiger partial charge in [-0.1, -0.05) is 19.1 Å². The first-order valence-corrected chi connectivity index (χ1v) is 6.09. The number of rotatable bonds is 2. The van der Waals surface area contributed by atoms with Gasteiger partial charge in [0.25, 0.3) is 0 Å². The maximum atomic E-state index is 5.29. The van der Waals surface area contributed by atoms with Gasteiger partial charge in [-0.05, 0) is 49.4 Å². The molecule has 88 valence electrons. The van der Waals surface area contributed by atoms with Gasteiger partial charge in [-0.2, -0.15) is 0 Å². The summed E-state index contributed by atoms with van der Waals surface area (Å²) >= 11 is 0. The predicted octanol–water partition coefficient (Wildman–Crippen LogP) is 2.80. The van der Waals surface area contributed by atoms with E-state index in [0.29, 0.717) is 17.9 Å². The van der Waals surface area contributed by atoms with Crippen LogP contribution in [0.2, 0.25) is 0 Å². The smallest absolute Gasteiger partial charge is 0.119 e. The molecule has 1 heterocycles. The first-order valence-electron chi connectivity index (χ1n) is 6.09. The summed E-state index contributed by atoms with van der Waals surface area (Å²) in [4.78, 5) is 0. The van der Waals surface area contributed by atoms with Crippen LogP contribution in [0.1, 0.15) is 31.7 Å². The van der Waals surface area contributed by atoms with E-state index in [1.807, 2.05) is 6.07 Å². The monoisotopic (exact) mass is 219 g/mol. The van der Waals surface area contributed by atoms with Crippen LogP contribution in [-0.2, 0) is 0 Å². The first kappa shape index (κ1) is 11.5. The Morgan fingerprint density at radius 3 is 2.88 bits per heavy atom. The molecule has 1 aromatic carbocycles. The summed E-state index contributed by atoms with van der Waals surface area (Å²) in [5, 5.41) is 3.53. The lowest BCUT2D eigenvalue weighted by Crippen LogP contribution is -2.41. The summed E-state index contributed by atoms with van der Waals surface area (Å²) in [6, 6.07) is 9.11. The zero-order valence-electron chi connectivity index (χ0n) is 10.4. The van der Waals surface area contributed by atoms with Gasteiger partial charge in [-0.15, -0.1) is 0 Å². The van der Waals surface area contributed by atoms with Gasteiger partial charge < -0.3 is 10.1 Å². The molecule has 0 bridgehead atoms. The van der Waals surface area contributed by atoms with Crippen LogP contribution in [0.3, 0.4) is 0 Å². The summed E-state index contributed by atoms with van der Waals surface area (Å²) in [5.41, 5.74) is 1.42. The second kappa shape index (κ2) is 4.88. The number of hydrogen-bond donors (Lipinski definition) is 1. The van der Waals surface area contributed by atoms with Crippen LogP contribution in [0.15, 0.2) is 24.3 Å².